The van der Waals surface area contributed by atoms with Gasteiger partial charge in [-0.05, 0) is 24.7 Å². The number of aromatic nitrogens is 3. The van der Waals surface area contributed by atoms with Gasteiger partial charge in [0.1, 0.15) is 11.6 Å². The van der Waals surface area contributed by atoms with E-state index in [9.17, 15) is 4.79 Å². The number of nitrogens with zero attached hydrogens (tertiary/aromatic N) is 4. The van der Waals surface area contributed by atoms with Crippen LogP contribution in [0.1, 0.15) is 57.6 Å². The maximum Gasteiger partial charge on any atom is 0.240 e. The first-order chi connectivity index (χ1) is 10.4. The van der Waals surface area contributed by atoms with Crippen LogP contribution in [0.2, 0.25) is 0 Å². The number of rotatable bonds is 2. The van der Waals surface area contributed by atoms with E-state index in [1.165, 1.54) is 0 Å². The first-order valence-corrected chi connectivity index (χ1v) is 8.34. The molecule has 2 aliphatic rings. The quantitative estimate of drug-likeness (QED) is 0.893. The zero-order valence-corrected chi connectivity index (χ0v) is 13.9. The highest BCUT2D eigenvalue weighted by Gasteiger charge is 2.35. The molecule has 1 saturated heterocycles. The molecule has 2 N–H and O–H groups in total. The molecule has 3 rings (SSSR count). The van der Waals surface area contributed by atoms with Gasteiger partial charge in [-0.15, -0.1) is 10.2 Å². The number of fused-ring (bicyclic) bond motifs is 1. The average molecular weight is 305 g/mol. The standard InChI is InChI=1S/C16H27N5O/c1-16(2,3)13(17)15(22)20-8-4-6-11(10-20)14-19-18-12-7-5-9-21(12)14/h11,13H,4-10,17H2,1-3H3/t11?,13-/m1/s1. The van der Waals surface area contributed by atoms with Gasteiger partial charge in [-0.1, -0.05) is 20.8 Å². The summed E-state index contributed by atoms with van der Waals surface area (Å²) in [7, 11) is 0. The van der Waals surface area contributed by atoms with Crippen LogP contribution in [0, 0.1) is 5.41 Å². The second kappa shape index (κ2) is 5.65. The Morgan fingerprint density at radius 2 is 2.05 bits per heavy atom. The fraction of sp³-hybridized carbons (Fsp3) is 0.812. The Labute approximate surface area is 132 Å². The Hall–Kier alpha value is -1.43. The van der Waals surface area contributed by atoms with Gasteiger partial charge in [0, 0.05) is 32.0 Å². The van der Waals surface area contributed by atoms with E-state index in [4.69, 9.17) is 5.73 Å². The number of carbonyl (C=O) groups is 1. The molecule has 0 radical (unpaired) electrons. The Morgan fingerprint density at radius 3 is 2.77 bits per heavy atom. The first kappa shape index (κ1) is 15.5. The van der Waals surface area contributed by atoms with Gasteiger partial charge in [-0.25, -0.2) is 0 Å². The number of likely N-dealkylation sites (tertiary alicyclic amines) is 1. The van der Waals surface area contributed by atoms with E-state index in [0.717, 1.165) is 57.0 Å². The number of nitrogens with two attached hydrogens (primary N) is 1. The smallest absolute Gasteiger partial charge is 0.240 e. The van der Waals surface area contributed by atoms with Crippen LogP contribution >= 0.6 is 0 Å². The van der Waals surface area contributed by atoms with Crippen LogP contribution in [0.15, 0.2) is 0 Å². The van der Waals surface area contributed by atoms with Gasteiger partial charge in [0.25, 0.3) is 0 Å². The molecule has 1 unspecified atom stereocenters. The molecular formula is C16H27N5O. The van der Waals surface area contributed by atoms with E-state index in [1.807, 2.05) is 25.7 Å². The van der Waals surface area contributed by atoms with Crippen molar-refractivity contribution >= 4 is 5.91 Å². The van der Waals surface area contributed by atoms with Crippen molar-refractivity contribution in [3.8, 4) is 0 Å². The van der Waals surface area contributed by atoms with Crippen molar-refractivity contribution in [2.45, 2.75) is 65.0 Å². The van der Waals surface area contributed by atoms with Crippen molar-refractivity contribution in [2.24, 2.45) is 11.1 Å². The summed E-state index contributed by atoms with van der Waals surface area (Å²) < 4.78 is 2.25. The molecule has 1 aromatic heterocycles. The average Bonchev–Trinajstić information content (AvgIpc) is 3.07. The summed E-state index contributed by atoms with van der Waals surface area (Å²) in [5, 5.41) is 8.69. The molecule has 0 aliphatic carbocycles. The van der Waals surface area contributed by atoms with Crippen LogP contribution in [0.5, 0.6) is 0 Å². The van der Waals surface area contributed by atoms with E-state index >= 15 is 0 Å². The van der Waals surface area contributed by atoms with Crippen LogP contribution in [-0.2, 0) is 17.8 Å². The lowest BCUT2D eigenvalue weighted by molar-refractivity contribution is -0.136. The summed E-state index contributed by atoms with van der Waals surface area (Å²) in [6.07, 6.45) is 4.27. The molecule has 0 aromatic carbocycles. The highest BCUT2D eigenvalue weighted by atomic mass is 16.2. The van der Waals surface area contributed by atoms with Gasteiger partial charge in [0.05, 0.1) is 6.04 Å². The maximum absolute atomic E-state index is 12.7. The Balaban J connectivity index is 1.73. The third-order valence-corrected chi connectivity index (χ3v) is 4.94. The van der Waals surface area contributed by atoms with Crippen molar-refractivity contribution in [3.05, 3.63) is 11.6 Å². The molecule has 6 nitrogen and oxygen atoms in total. The molecule has 2 aliphatic heterocycles. The van der Waals surface area contributed by atoms with Crippen molar-refractivity contribution < 1.29 is 4.79 Å². The SMILES string of the molecule is CC(C)(C)[C@H](N)C(=O)N1CCCC(c2nnc3n2CCC3)C1. The Morgan fingerprint density at radius 1 is 1.27 bits per heavy atom. The Kier molecular flexibility index (Phi) is 3.97. The van der Waals surface area contributed by atoms with E-state index in [2.05, 4.69) is 14.8 Å². The lowest BCUT2D eigenvalue weighted by atomic mass is 9.85. The van der Waals surface area contributed by atoms with E-state index in [0.29, 0.717) is 5.92 Å². The predicted molar refractivity (Wildman–Crippen MR) is 84.3 cm³/mol. The molecule has 0 spiro atoms. The minimum absolute atomic E-state index is 0.0679. The molecule has 122 valence electrons. The molecule has 1 aromatic rings. The van der Waals surface area contributed by atoms with Gasteiger partial charge in [-0.2, -0.15) is 0 Å². The second-order valence-electron chi connectivity index (χ2n) is 7.70. The molecule has 3 heterocycles. The number of hydrogen-bond acceptors (Lipinski definition) is 4. The third kappa shape index (κ3) is 2.76. The van der Waals surface area contributed by atoms with Crippen LogP contribution in [-0.4, -0.2) is 44.7 Å². The zero-order valence-electron chi connectivity index (χ0n) is 13.9. The number of carbonyl (C=O) groups excluding carboxylic acids is 1. The number of hydrogen-bond donors (Lipinski definition) is 1. The largest absolute Gasteiger partial charge is 0.341 e. The molecule has 22 heavy (non-hydrogen) atoms. The number of aryl methyl sites for hydroxylation is 1. The van der Waals surface area contributed by atoms with Crippen molar-refractivity contribution in [3.63, 3.8) is 0 Å². The van der Waals surface area contributed by atoms with Crippen LogP contribution < -0.4 is 5.73 Å². The predicted octanol–water partition coefficient (Wildman–Crippen LogP) is 1.30. The van der Waals surface area contributed by atoms with E-state index in [1.54, 1.807) is 0 Å². The molecule has 0 bridgehead atoms. The summed E-state index contributed by atoms with van der Waals surface area (Å²) >= 11 is 0. The minimum Gasteiger partial charge on any atom is -0.341 e. The molecular weight excluding hydrogens is 278 g/mol. The molecule has 1 fully saturated rings. The zero-order chi connectivity index (χ0) is 15.9. The van der Waals surface area contributed by atoms with Gasteiger partial charge < -0.3 is 15.2 Å². The van der Waals surface area contributed by atoms with Gasteiger partial charge in [0.15, 0.2) is 0 Å². The topological polar surface area (TPSA) is 77.0 Å². The summed E-state index contributed by atoms with van der Waals surface area (Å²) in [5.74, 6) is 2.53. The van der Waals surface area contributed by atoms with Crippen molar-refractivity contribution in [1.29, 1.82) is 0 Å². The van der Waals surface area contributed by atoms with Crippen LogP contribution in [0.4, 0.5) is 0 Å². The molecule has 2 atom stereocenters. The van der Waals surface area contributed by atoms with Crippen LogP contribution in [0.3, 0.4) is 0 Å². The summed E-state index contributed by atoms with van der Waals surface area (Å²) in [6, 6.07) is -0.449. The van der Waals surface area contributed by atoms with Gasteiger partial charge in [-0.3, -0.25) is 4.79 Å². The maximum atomic E-state index is 12.7. The van der Waals surface area contributed by atoms with Crippen molar-refractivity contribution in [1.82, 2.24) is 19.7 Å². The van der Waals surface area contributed by atoms with E-state index < -0.39 is 6.04 Å². The highest BCUT2D eigenvalue weighted by molar-refractivity contribution is 5.82. The normalized spacial score (nSPS) is 23.5. The molecule has 0 saturated carbocycles. The molecule has 1 amide bonds. The number of amides is 1. The minimum atomic E-state index is -0.449. The summed E-state index contributed by atoms with van der Waals surface area (Å²) in [5.41, 5.74) is 5.95. The number of piperidine rings is 1. The third-order valence-electron chi connectivity index (χ3n) is 4.94. The van der Waals surface area contributed by atoms with Gasteiger partial charge >= 0.3 is 0 Å². The van der Waals surface area contributed by atoms with E-state index in [-0.39, 0.29) is 11.3 Å². The lowest BCUT2D eigenvalue weighted by Crippen LogP contribution is -2.52. The Bertz CT molecular complexity index is 559. The molecule has 6 heteroatoms. The van der Waals surface area contributed by atoms with Crippen molar-refractivity contribution in [2.75, 3.05) is 13.1 Å². The summed E-state index contributed by atoms with van der Waals surface area (Å²) in [4.78, 5) is 14.6. The fourth-order valence-corrected chi connectivity index (χ4v) is 3.43. The lowest BCUT2D eigenvalue weighted by Gasteiger charge is -2.36. The fourth-order valence-electron chi connectivity index (χ4n) is 3.43. The summed E-state index contributed by atoms with van der Waals surface area (Å²) in [6.45, 7) is 8.59. The monoisotopic (exact) mass is 305 g/mol. The van der Waals surface area contributed by atoms with Crippen LogP contribution in [0.25, 0.3) is 0 Å². The highest BCUT2D eigenvalue weighted by Crippen LogP contribution is 2.29. The van der Waals surface area contributed by atoms with Gasteiger partial charge in [0.2, 0.25) is 5.91 Å². The second-order valence-corrected chi connectivity index (χ2v) is 7.70. The first-order valence-electron chi connectivity index (χ1n) is 8.34.